The molecule has 0 aromatic heterocycles. The van der Waals surface area contributed by atoms with Gasteiger partial charge < -0.3 is 28.8 Å². The number of rotatable bonds is 39. The average Bonchev–Trinajstić information content (AvgIpc) is 3.10. The lowest BCUT2D eigenvalue weighted by Gasteiger charge is -2.29. The molecule has 2 N–H and O–H groups in total. The summed E-state index contributed by atoms with van der Waals surface area (Å²) in [7, 11) is 1.23. The molecule has 312 valence electrons. The number of unbranched alkanes of at least 4 members (excludes halogenated alkanes) is 23. The average molecular weight is 769 g/mol. The molecule has 0 saturated carbocycles. The molecule has 0 saturated heterocycles. The van der Waals surface area contributed by atoms with Crippen molar-refractivity contribution in [1.82, 2.24) is 5.32 Å². The Morgan fingerprint density at radius 1 is 0.679 bits per heavy atom. The molecule has 0 rings (SSSR count). The van der Waals surface area contributed by atoms with Crippen LogP contribution in [-0.4, -0.2) is 68.5 Å². The summed E-state index contributed by atoms with van der Waals surface area (Å²) in [5.41, 5.74) is 0. The maximum absolute atomic E-state index is 12.8. The van der Waals surface area contributed by atoms with E-state index in [2.05, 4.69) is 30.5 Å². The van der Waals surface area contributed by atoms with Crippen LogP contribution in [0, 0.1) is 0 Å². The van der Waals surface area contributed by atoms with Crippen molar-refractivity contribution in [1.29, 1.82) is 0 Å². The Kier molecular flexibility index (Phi) is 35.5. The van der Waals surface area contributed by atoms with E-state index >= 15 is 0 Å². The maximum Gasteiger partial charge on any atom is 0.268 e. The van der Waals surface area contributed by atoms with E-state index in [4.69, 9.17) is 9.05 Å². The van der Waals surface area contributed by atoms with Gasteiger partial charge in [0.25, 0.3) is 7.82 Å². The number of nitrogens with one attached hydrogen (secondary N) is 1. The number of allylic oxidation sites excluding steroid dienone is 5. The zero-order chi connectivity index (χ0) is 39.3. The number of hydrogen-bond donors (Lipinski definition) is 2. The topological polar surface area (TPSA) is 108 Å². The lowest BCUT2D eigenvalue weighted by Crippen LogP contribution is -2.45. The van der Waals surface area contributed by atoms with Crippen LogP contribution >= 0.6 is 7.82 Å². The highest BCUT2D eigenvalue weighted by Crippen LogP contribution is 2.38. The van der Waals surface area contributed by atoms with E-state index < -0.39 is 26.6 Å². The molecule has 0 bridgehead atoms. The van der Waals surface area contributed by atoms with E-state index in [0.717, 1.165) is 44.9 Å². The highest BCUT2D eigenvalue weighted by Gasteiger charge is 2.23. The predicted molar refractivity (Wildman–Crippen MR) is 224 cm³/mol. The van der Waals surface area contributed by atoms with Crippen molar-refractivity contribution in [2.45, 2.75) is 199 Å². The number of aliphatic hydroxyl groups is 1. The third-order valence-corrected chi connectivity index (χ3v) is 10.6. The van der Waals surface area contributed by atoms with Crippen LogP contribution in [0.1, 0.15) is 187 Å². The van der Waals surface area contributed by atoms with Crippen LogP contribution in [0.5, 0.6) is 0 Å². The molecule has 3 atom stereocenters. The summed E-state index contributed by atoms with van der Waals surface area (Å²) in [6, 6.07) is -0.904. The Morgan fingerprint density at radius 2 is 1.09 bits per heavy atom. The summed E-state index contributed by atoms with van der Waals surface area (Å²) in [6.07, 6.45) is 43.7. The zero-order valence-corrected chi connectivity index (χ0v) is 36.1. The molecule has 0 aliphatic rings. The molecule has 0 radical (unpaired) electrons. The van der Waals surface area contributed by atoms with Gasteiger partial charge in [0.2, 0.25) is 5.91 Å². The van der Waals surface area contributed by atoms with E-state index in [1.54, 1.807) is 6.08 Å². The number of amides is 1. The number of phosphoric acid groups is 1. The summed E-state index contributed by atoms with van der Waals surface area (Å²) in [6.45, 7) is 4.38. The maximum atomic E-state index is 12.8. The number of nitrogens with zero attached hydrogens (tertiary/aromatic N) is 1. The number of carbonyl (C=O) groups is 1. The van der Waals surface area contributed by atoms with E-state index in [1.165, 1.54) is 122 Å². The first-order valence-corrected chi connectivity index (χ1v) is 23.3. The minimum Gasteiger partial charge on any atom is -0.756 e. The van der Waals surface area contributed by atoms with Crippen LogP contribution in [0.3, 0.4) is 0 Å². The predicted octanol–water partition coefficient (Wildman–Crippen LogP) is 11.3. The van der Waals surface area contributed by atoms with Gasteiger partial charge in [-0.25, -0.2) is 0 Å². The fourth-order valence-corrected chi connectivity index (χ4v) is 6.91. The Bertz CT molecular complexity index is 964. The van der Waals surface area contributed by atoms with Gasteiger partial charge in [0.05, 0.1) is 39.9 Å². The molecule has 0 spiro atoms. The molecule has 0 aliphatic carbocycles. The first kappa shape index (κ1) is 51.7. The summed E-state index contributed by atoms with van der Waals surface area (Å²) < 4.78 is 23.1. The van der Waals surface area contributed by atoms with Crippen molar-refractivity contribution in [3.8, 4) is 0 Å². The molecule has 53 heavy (non-hydrogen) atoms. The Morgan fingerprint density at radius 3 is 1.53 bits per heavy atom. The molecule has 0 heterocycles. The number of hydrogen-bond acceptors (Lipinski definition) is 6. The third-order valence-electron chi connectivity index (χ3n) is 9.68. The van der Waals surface area contributed by atoms with Crippen molar-refractivity contribution in [3.63, 3.8) is 0 Å². The Hall–Kier alpha value is -1.28. The van der Waals surface area contributed by atoms with Gasteiger partial charge in [0, 0.05) is 6.42 Å². The van der Waals surface area contributed by atoms with Gasteiger partial charge in [0.15, 0.2) is 0 Å². The summed E-state index contributed by atoms with van der Waals surface area (Å²) in [4.78, 5) is 25.2. The highest BCUT2D eigenvalue weighted by molar-refractivity contribution is 7.45. The van der Waals surface area contributed by atoms with Gasteiger partial charge in [0.1, 0.15) is 13.2 Å². The Balaban J connectivity index is 4.22. The molecular weight excluding hydrogens is 683 g/mol. The van der Waals surface area contributed by atoms with E-state index in [1.807, 2.05) is 40.2 Å². The van der Waals surface area contributed by atoms with E-state index in [9.17, 15) is 19.4 Å². The monoisotopic (exact) mass is 769 g/mol. The second-order valence-corrected chi connectivity index (χ2v) is 17.5. The van der Waals surface area contributed by atoms with Crippen molar-refractivity contribution < 1.29 is 32.9 Å². The minimum atomic E-state index is -4.59. The molecule has 9 heteroatoms. The highest BCUT2D eigenvalue weighted by atomic mass is 31.2. The van der Waals surface area contributed by atoms with Crippen molar-refractivity contribution in [2.75, 3.05) is 40.9 Å². The Labute approximate surface area is 327 Å². The SMILES string of the molecule is C/C=C/CC/C=C/CC/C=C/C(O)C(COP(=O)([O-])OCC[N+](C)(C)C)NC(=O)CCCCCCCCCCCCCCCCCCCCCCCC. The van der Waals surface area contributed by atoms with E-state index in [0.29, 0.717) is 17.4 Å². The molecule has 0 aliphatic heterocycles. The second-order valence-electron chi connectivity index (χ2n) is 16.1. The minimum absolute atomic E-state index is 0.00842. The smallest absolute Gasteiger partial charge is 0.268 e. The molecule has 0 aromatic carbocycles. The van der Waals surface area contributed by atoms with Crippen LogP contribution in [0.2, 0.25) is 0 Å². The van der Waals surface area contributed by atoms with Gasteiger partial charge in [-0.15, -0.1) is 0 Å². The van der Waals surface area contributed by atoms with Crippen LogP contribution in [0.4, 0.5) is 0 Å². The van der Waals surface area contributed by atoms with Gasteiger partial charge in [-0.2, -0.15) is 0 Å². The largest absolute Gasteiger partial charge is 0.756 e. The molecule has 3 unspecified atom stereocenters. The quantitative estimate of drug-likeness (QED) is 0.0279. The van der Waals surface area contributed by atoms with Crippen molar-refractivity contribution >= 4 is 13.7 Å². The molecular formula is C44H85N2O6P. The molecule has 0 aromatic rings. The van der Waals surface area contributed by atoms with Crippen molar-refractivity contribution in [3.05, 3.63) is 36.5 Å². The lowest BCUT2D eigenvalue weighted by molar-refractivity contribution is -0.870. The molecule has 1 amide bonds. The van der Waals surface area contributed by atoms with Crippen LogP contribution in [0.25, 0.3) is 0 Å². The molecule has 8 nitrogen and oxygen atoms in total. The van der Waals surface area contributed by atoms with Gasteiger partial charge in [-0.1, -0.05) is 178 Å². The fourth-order valence-electron chi connectivity index (χ4n) is 6.19. The standard InChI is InChI=1S/C44H85N2O6P/c1-6-8-10-12-14-16-17-18-19-20-21-22-23-24-25-26-27-28-30-32-34-36-38-44(48)45-42(41-52-53(49,50)51-40-39-46(3,4)5)43(47)37-35-33-31-29-15-13-11-9-7-2/h7,9,15,29,35,37,42-43,47H,6,8,10-14,16-28,30-34,36,38-41H2,1-5H3,(H-,45,48,49,50)/b9-7+,29-15+,37-35+. The number of carbonyl (C=O) groups excluding carboxylic acids is 1. The normalized spacial score (nSPS) is 14.8. The first-order chi connectivity index (χ1) is 25.5. The van der Waals surface area contributed by atoms with E-state index in [-0.39, 0.29) is 12.5 Å². The molecule has 0 fully saturated rings. The number of quaternary nitrogens is 1. The number of likely N-dealkylation sites (N-methyl/N-ethyl adjacent to an activating group) is 1. The third kappa shape index (κ3) is 38.8. The number of aliphatic hydroxyl groups excluding tert-OH is 1. The fraction of sp³-hybridized carbons (Fsp3) is 0.841. The zero-order valence-electron chi connectivity index (χ0n) is 35.2. The van der Waals surface area contributed by atoms with Gasteiger partial charge in [-0.3, -0.25) is 9.36 Å². The van der Waals surface area contributed by atoms with Crippen LogP contribution in [-0.2, 0) is 18.4 Å². The van der Waals surface area contributed by atoms with Crippen molar-refractivity contribution in [2.24, 2.45) is 0 Å². The first-order valence-electron chi connectivity index (χ1n) is 21.8. The van der Waals surface area contributed by atoms with Crippen LogP contribution in [0.15, 0.2) is 36.5 Å². The van der Waals surface area contributed by atoms with Gasteiger partial charge >= 0.3 is 0 Å². The summed E-state index contributed by atoms with van der Waals surface area (Å²) in [5.74, 6) is -0.213. The summed E-state index contributed by atoms with van der Waals surface area (Å²) >= 11 is 0. The van der Waals surface area contributed by atoms with Gasteiger partial charge in [-0.05, 0) is 39.0 Å². The summed E-state index contributed by atoms with van der Waals surface area (Å²) in [5, 5.41) is 13.7. The second kappa shape index (κ2) is 36.4. The lowest BCUT2D eigenvalue weighted by atomic mass is 10.0. The van der Waals surface area contributed by atoms with Crippen LogP contribution < -0.4 is 10.2 Å². The number of phosphoric ester groups is 1.